The number of carbonyl (C=O) groups is 1. The number of halogens is 2. The lowest BCUT2D eigenvalue weighted by Gasteiger charge is -2.09. The zero-order chi connectivity index (χ0) is 14.3. The van der Waals surface area contributed by atoms with Crippen molar-refractivity contribution in [2.75, 3.05) is 13.2 Å². The molecule has 1 aromatic rings. The van der Waals surface area contributed by atoms with Crippen LogP contribution in [0.3, 0.4) is 0 Å². The van der Waals surface area contributed by atoms with Gasteiger partial charge < -0.3 is 15.2 Å². The molecular formula is C12H10F2N2O3. The van der Waals surface area contributed by atoms with Crippen molar-refractivity contribution < 1.29 is 23.0 Å². The van der Waals surface area contributed by atoms with Gasteiger partial charge >= 0.3 is 6.09 Å². The van der Waals surface area contributed by atoms with Gasteiger partial charge in [-0.3, -0.25) is 0 Å². The van der Waals surface area contributed by atoms with E-state index in [1.54, 1.807) is 6.07 Å². The highest BCUT2D eigenvalue weighted by Gasteiger charge is 2.06. The molecule has 2 N–H and O–H groups in total. The Morgan fingerprint density at radius 1 is 1.47 bits per heavy atom. The minimum absolute atomic E-state index is 0.0172. The fraction of sp³-hybridized carbons (Fsp3) is 0.167. The second-order valence-corrected chi connectivity index (χ2v) is 3.42. The van der Waals surface area contributed by atoms with Crippen LogP contribution in [0.2, 0.25) is 0 Å². The van der Waals surface area contributed by atoms with Crippen LogP contribution in [0.15, 0.2) is 30.1 Å². The van der Waals surface area contributed by atoms with Crippen LogP contribution in [0.5, 0.6) is 5.75 Å². The lowest BCUT2D eigenvalue weighted by molar-refractivity contribution is 0.162. The van der Waals surface area contributed by atoms with Crippen molar-refractivity contribution in [2.45, 2.75) is 0 Å². The SMILES string of the molecule is N#Cc1ccc(OCC(=CF)COC(N)=O)cc1F. The van der Waals surface area contributed by atoms with Crippen LogP contribution in [0.25, 0.3) is 0 Å². The number of hydrogen-bond acceptors (Lipinski definition) is 4. The number of primary amides is 1. The minimum atomic E-state index is -1.04. The van der Waals surface area contributed by atoms with E-state index in [0.29, 0.717) is 0 Å². The molecule has 0 heterocycles. The Hall–Kier alpha value is -2.62. The molecule has 0 unspecified atom stereocenters. The maximum atomic E-state index is 13.2. The number of nitrogens with two attached hydrogens (primary N) is 1. The topological polar surface area (TPSA) is 85.3 Å². The fourth-order valence-electron chi connectivity index (χ4n) is 1.12. The molecule has 7 heteroatoms. The highest BCUT2D eigenvalue weighted by Crippen LogP contribution is 2.16. The molecule has 0 aliphatic rings. The highest BCUT2D eigenvalue weighted by molar-refractivity contribution is 5.64. The van der Waals surface area contributed by atoms with Crippen LogP contribution in [0.1, 0.15) is 5.56 Å². The number of nitriles is 1. The molecule has 0 atom stereocenters. The van der Waals surface area contributed by atoms with Crippen LogP contribution in [-0.2, 0) is 4.74 Å². The number of amides is 1. The van der Waals surface area contributed by atoms with Gasteiger partial charge in [0.15, 0.2) is 0 Å². The summed E-state index contributed by atoms with van der Waals surface area (Å²) in [6.45, 7) is -0.598. The predicted molar refractivity (Wildman–Crippen MR) is 61.3 cm³/mol. The molecule has 0 saturated heterocycles. The molecule has 0 aliphatic carbocycles. The van der Waals surface area contributed by atoms with Crippen LogP contribution < -0.4 is 10.5 Å². The van der Waals surface area contributed by atoms with E-state index in [1.165, 1.54) is 12.1 Å². The molecule has 0 radical (unpaired) electrons. The first-order valence-corrected chi connectivity index (χ1v) is 5.09. The molecule has 0 saturated carbocycles. The van der Waals surface area contributed by atoms with Gasteiger partial charge in [-0.2, -0.15) is 5.26 Å². The van der Waals surface area contributed by atoms with E-state index < -0.39 is 11.9 Å². The van der Waals surface area contributed by atoms with Crippen molar-refractivity contribution in [3.8, 4) is 11.8 Å². The fourth-order valence-corrected chi connectivity index (χ4v) is 1.12. The Balaban J connectivity index is 2.58. The third-order valence-corrected chi connectivity index (χ3v) is 2.04. The van der Waals surface area contributed by atoms with Gasteiger partial charge in [-0.05, 0) is 12.1 Å². The zero-order valence-corrected chi connectivity index (χ0v) is 9.73. The molecule has 1 aromatic carbocycles. The summed E-state index contributed by atoms with van der Waals surface area (Å²) in [5.74, 6) is -0.617. The lowest BCUT2D eigenvalue weighted by Crippen LogP contribution is -2.16. The second kappa shape index (κ2) is 6.96. The number of rotatable bonds is 5. The molecule has 0 bridgehead atoms. The third kappa shape index (κ3) is 4.63. The van der Waals surface area contributed by atoms with E-state index in [2.05, 4.69) is 4.74 Å². The first kappa shape index (κ1) is 14.4. The van der Waals surface area contributed by atoms with Gasteiger partial charge in [0.05, 0.1) is 11.9 Å². The average Bonchev–Trinajstić information content (AvgIpc) is 2.39. The van der Waals surface area contributed by atoms with Crippen molar-refractivity contribution >= 4 is 6.09 Å². The standard InChI is InChI=1S/C12H10F2N2O3/c13-4-8(7-19-12(16)17)6-18-10-2-1-9(5-15)11(14)3-10/h1-4H,6-7H2,(H2,16,17). The number of carbonyl (C=O) groups excluding carboxylic acids is 1. The molecule has 0 fully saturated rings. The van der Waals surface area contributed by atoms with Gasteiger partial charge in [-0.25, -0.2) is 13.6 Å². The summed E-state index contributed by atoms with van der Waals surface area (Å²) in [5, 5.41) is 8.54. The van der Waals surface area contributed by atoms with E-state index in [0.717, 1.165) is 6.07 Å². The number of ether oxygens (including phenoxy) is 2. The van der Waals surface area contributed by atoms with Crippen LogP contribution in [0.4, 0.5) is 13.6 Å². The Morgan fingerprint density at radius 2 is 2.21 bits per heavy atom. The Morgan fingerprint density at radius 3 is 2.74 bits per heavy atom. The summed E-state index contributed by atoms with van der Waals surface area (Å²) in [6, 6.07) is 5.27. The molecule has 0 spiro atoms. The summed E-state index contributed by atoms with van der Waals surface area (Å²) in [7, 11) is 0. The van der Waals surface area contributed by atoms with Crippen molar-refractivity contribution in [3.63, 3.8) is 0 Å². The van der Waals surface area contributed by atoms with Crippen molar-refractivity contribution in [2.24, 2.45) is 5.73 Å². The summed E-state index contributed by atoms with van der Waals surface area (Å²) < 4.78 is 35.1. The van der Waals surface area contributed by atoms with E-state index in [-0.39, 0.29) is 36.4 Å². The van der Waals surface area contributed by atoms with Crippen molar-refractivity contribution in [3.05, 3.63) is 41.5 Å². The summed E-state index contributed by atoms with van der Waals surface area (Å²) in [6.07, 6.45) is -0.827. The summed E-state index contributed by atoms with van der Waals surface area (Å²) in [4.78, 5) is 10.3. The van der Waals surface area contributed by atoms with Gasteiger partial charge in [-0.15, -0.1) is 0 Å². The van der Waals surface area contributed by atoms with Crippen molar-refractivity contribution in [1.29, 1.82) is 5.26 Å². The maximum absolute atomic E-state index is 13.2. The predicted octanol–water partition coefficient (Wildman–Crippen LogP) is 2.02. The minimum Gasteiger partial charge on any atom is -0.489 e. The van der Waals surface area contributed by atoms with Gasteiger partial charge in [0.25, 0.3) is 0 Å². The van der Waals surface area contributed by atoms with E-state index >= 15 is 0 Å². The summed E-state index contributed by atoms with van der Waals surface area (Å²) >= 11 is 0. The van der Waals surface area contributed by atoms with Crippen molar-refractivity contribution in [1.82, 2.24) is 0 Å². The molecule has 1 rings (SSSR count). The number of benzene rings is 1. The average molecular weight is 268 g/mol. The third-order valence-electron chi connectivity index (χ3n) is 2.04. The number of nitrogens with zero attached hydrogens (tertiary/aromatic N) is 1. The molecule has 5 nitrogen and oxygen atoms in total. The molecule has 1 amide bonds. The highest BCUT2D eigenvalue weighted by atomic mass is 19.1. The molecule has 100 valence electrons. The van der Waals surface area contributed by atoms with Crippen LogP contribution in [-0.4, -0.2) is 19.3 Å². The molecule has 0 aromatic heterocycles. The Labute approximate surface area is 107 Å². The van der Waals surface area contributed by atoms with Crippen LogP contribution in [0, 0.1) is 17.1 Å². The smallest absolute Gasteiger partial charge is 0.404 e. The van der Waals surface area contributed by atoms with Gasteiger partial charge in [0.2, 0.25) is 0 Å². The monoisotopic (exact) mass is 268 g/mol. The van der Waals surface area contributed by atoms with Gasteiger partial charge in [-0.1, -0.05) is 0 Å². The Kier molecular flexibility index (Phi) is 5.29. The largest absolute Gasteiger partial charge is 0.489 e. The first-order valence-electron chi connectivity index (χ1n) is 5.09. The molecular weight excluding hydrogens is 258 g/mol. The van der Waals surface area contributed by atoms with E-state index in [4.69, 9.17) is 15.7 Å². The van der Waals surface area contributed by atoms with E-state index in [9.17, 15) is 13.6 Å². The zero-order valence-electron chi connectivity index (χ0n) is 9.73. The Bertz CT molecular complexity index is 538. The number of hydrogen-bond donors (Lipinski definition) is 1. The van der Waals surface area contributed by atoms with Crippen LogP contribution >= 0.6 is 0 Å². The lowest BCUT2D eigenvalue weighted by atomic mass is 10.2. The normalized spacial score (nSPS) is 10.7. The molecule has 19 heavy (non-hydrogen) atoms. The second-order valence-electron chi connectivity index (χ2n) is 3.42. The molecule has 0 aliphatic heterocycles. The van der Waals surface area contributed by atoms with Gasteiger partial charge in [0, 0.05) is 11.6 Å². The summed E-state index contributed by atoms with van der Waals surface area (Å²) in [5.41, 5.74) is 4.62. The van der Waals surface area contributed by atoms with Gasteiger partial charge in [0.1, 0.15) is 30.8 Å². The quantitative estimate of drug-likeness (QED) is 0.885. The first-order chi connectivity index (χ1) is 9.06. The maximum Gasteiger partial charge on any atom is 0.404 e. The van der Waals surface area contributed by atoms with E-state index in [1.807, 2.05) is 0 Å².